The van der Waals surface area contributed by atoms with Crippen LogP contribution in [0.4, 0.5) is 0 Å². The first-order valence-electron chi connectivity index (χ1n) is 7.76. The molecule has 138 valence electrons. The van der Waals surface area contributed by atoms with Gasteiger partial charge in [0.2, 0.25) is 0 Å². The van der Waals surface area contributed by atoms with E-state index in [2.05, 4.69) is 15.8 Å². The zero-order chi connectivity index (χ0) is 19.4. The van der Waals surface area contributed by atoms with E-state index in [1.807, 2.05) is 30.3 Å². The summed E-state index contributed by atoms with van der Waals surface area (Å²) in [6, 6.07) is 14.9. The molecule has 0 atom stereocenters. The molecular formula is C18H15N3O4S2. The standard InChI is InChI=1S/C18H15N3O4S2/c1-27(24,25)14-9-7-12(8-10-14)16(22)20-21-17(23)15-11-19-18(26-15)13-5-3-2-4-6-13/h2-11H,1H3,(H,20,22)(H,21,23). The molecule has 27 heavy (non-hydrogen) atoms. The minimum absolute atomic E-state index is 0.112. The van der Waals surface area contributed by atoms with Crippen molar-refractivity contribution < 1.29 is 18.0 Å². The van der Waals surface area contributed by atoms with Gasteiger partial charge in [-0.2, -0.15) is 0 Å². The first-order valence-corrected chi connectivity index (χ1v) is 10.5. The van der Waals surface area contributed by atoms with Crippen molar-refractivity contribution >= 4 is 33.0 Å². The summed E-state index contributed by atoms with van der Waals surface area (Å²) in [4.78, 5) is 28.9. The molecule has 0 bridgehead atoms. The summed E-state index contributed by atoms with van der Waals surface area (Å²) in [6.45, 7) is 0. The number of benzene rings is 2. The molecule has 0 unspecified atom stereocenters. The lowest BCUT2D eigenvalue weighted by molar-refractivity contribution is 0.0848. The fourth-order valence-corrected chi connectivity index (χ4v) is 3.64. The number of amides is 2. The highest BCUT2D eigenvalue weighted by Crippen LogP contribution is 2.24. The number of rotatable bonds is 4. The van der Waals surface area contributed by atoms with Crippen LogP contribution in [0.1, 0.15) is 20.0 Å². The lowest BCUT2D eigenvalue weighted by Gasteiger charge is -2.06. The van der Waals surface area contributed by atoms with E-state index in [1.54, 1.807) is 0 Å². The van der Waals surface area contributed by atoms with Crippen molar-refractivity contribution in [2.45, 2.75) is 4.90 Å². The summed E-state index contributed by atoms with van der Waals surface area (Å²) < 4.78 is 22.9. The van der Waals surface area contributed by atoms with Gasteiger partial charge in [0.1, 0.15) is 9.88 Å². The Morgan fingerprint density at radius 1 is 0.926 bits per heavy atom. The SMILES string of the molecule is CS(=O)(=O)c1ccc(C(=O)NNC(=O)c2cnc(-c3ccccc3)s2)cc1. The third-order valence-electron chi connectivity index (χ3n) is 3.58. The van der Waals surface area contributed by atoms with Crippen molar-refractivity contribution in [3.8, 4) is 10.6 Å². The third-order valence-corrected chi connectivity index (χ3v) is 5.76. The van der Waals surface area contributed by atoms with Gasteiger partial charge in [-0.25, -0.2) is 13.4 Å². The van der Waals surface area contributed by atoms with Gasteiger partial charge in [-0.1, -0.05) is 30.3 Å². The predicted molar refractivity (Wildman–Crippen MR) is 102 cm³/mol. The Bertz CT molecular complexity index is 1080. The van der Waals surface area contributed by atoms with Crippen LogP contribution in [0.5, 0.6) is 0 Å². The molecule has 2 aromatic carbocycles. The molecular weight excluding hydrogens is 386 g/mol. The summed E-state index contributed by atoms with van der Waals surface area (Å²) in [6.07, 6.45) is 2.52. The quantitative estimate of drug-likeness (QED) is 0.653. The van der Waals surface area contributed by atoms with E-state index in [0.717, 1.165) is 11.8 Å². The first-order chi connectivity index (χ1) is 12.8. The highest BCUT2D eigenvalue weighted by atomic mass is 32.2. The number of sulfone groups is 1. The minimum atomic E-state index is -3.33. The largest absolute Gasteiger partial charge is 0.281 e. The van der Waals surface area contributed by atoms with E-state index in [1.165, 1.54) is 41.8 Å². The fraction of sp³-hybridized carbons (Fsp3) is 0.0556. The van der Waals surface area contributed by atoms with Gasteiger partial charge in [-0.3, -0.25) is 20.4 Å². The Balaban J connectivity index is 1.62. The Labute approximate surface area is 160 Å². The van der Waals surface area contributed by atoms with Crippen LogP contribution >= 0.6 is 11.3 Å². The normalized spacial score (nSPS) is 11.0. The molecule has 9 heteroatoms. The van der Waals surface area contributed by atoms with Crippen LogP contribution in [-0.2, 0) is 9.84 Å². The maximum Gasteiger partial charge on any atom is 0.281 e. The number of hydrazine groups is 1. The molecule has 3 aromatic rings. The number of hydrogen-bond donors (Lipinski definition) is 2. The van der Waals surface area contributed by atoms with Crippen molar-refractivity contribution in [1.29, 1.82) is 0 Å². The molecule has 3 rings (SSSR count). The number of carbonyl (C=O) groups excluding carboxylic acids is 2. The second kappa shape index (κ2) is 7.68. The van der Waals surface area contributed by atoms with Crippen molar-refractivity contribution in [2.75, 3.05) is 6.26 Å². The van der Waals surface area contributed by atoms with Crippen LogP contribution < -0.4 is 10.9 Å². The van der Waals surface area contributed by atoms with Crippen LogP contribution in [0.15, 0.2) is 65.7 Å². The van der Waals surface area contributed by atoms with Gasteiger partial charge < -0.3 is 0 Å². The number of carbonyl (C=O) groups is 2. The molecule has 0 fully saturated rings. The van der Waals surface area contributed by atoms with Crippen LogP contribution in [0, 0.1) is 0 Å². The summed E-state index contributed by atoms with van der Waals surface area (Å²) in [5, 5.41) is 0.698. The Kier molecular flexibility index (Phi) is 5.33. The van der Waals surface area contributed by atoms with Crippen LogP contribution in [0.2, 0.25) is 0 Å². The van der Waals surface area contributed by atoms with Crippen molar-refractivity contribution in [2.24, 2.45) is 0 Å². The molecule has 0 saturated carbocycles. The van der Waals surface area contributed by atoms with Gasteiger partial charge in [-0.15, -0.1) is 11.3 Å². The lowest BCUT2D eigenvalue weighted by Crippen LogP contribution is -2.41. The van der Waals surface area contributed by atoms with Crippen LogP contribution in [0.3, 0.4) is 0 Å². The average molecular weight is 401 g/mol. The molecule has 0 radical (unpaired) electrons. The Morgan fingerprint density at radius 3 is 2.19 bits per heavy atom. The summed E-state index contributed by atoms with van der Waals surface area (Å²) in [5.74, 6) is -1.05. The van der Waals surface area contributed by atoms with Gasteiger partial charge in [0.15, 0.2) is 9.84 Å². The first kappa shape index (κ1) is 18.7. The van der Waals surface area contributed by atoms with Crippen molar-refractivity contribution in [3.05, 3.63) is 71.2 Å². The van der Waals surface area contributed by atoms with Gasteiger partial charge in [0, 0.05) is 17.4 Å². The summed E-state index contributed by atoms with van der Waals surface area (Å²) in [5.41, 5.74) is 5.73. The Hall–Kier alpha value is -3.04. The average Bonchev–Trinajstić information content (AvgIpc) is 3.16. The van der Waals surface area contributed by atoms with Crippen molar-refractivity contribution in [1.82, 2.24) is 15.8 Å². The number of hydrogen-bond acceptors (Lipinski definition) is 6. The van der Waals surface area contributed by atoms with Gasteiger partial charge in [-0.05, 0) is 24.3 Å². The summed E-state index contributed by atoms with van der Waals surface area (Å²) in [7, 11) is -3.33. The molecule has 0 aliphatic heterocycles. The monoisotopic (exact) mass is 401 g/mol. The Morgan fingerprint density at radius 2 is 1.56 bits per heavy atom. The molecule has 0 spiro atoms. The lowest BCUT2D eigenvalue weighted by atomic mass is 10.2. The molecule has 1 heterocycles. The smallest absolute Gasteiger partial charge is 0.267 e. The molecule has 1 aromatic heterocycles. The third kappa shape index (κ3) is 4.57. The fourth-order valence-electron chi connectivity index (χ4n) is 2.19. The number of nitrogens with one attached hydrogen (secondary N) is 2. The van der Waals surface area contributed by atoms with Crippen LogP contribution in [-0.4, -0.2) is 31.5 Å². The molecule has 0 aliphatic carbocycles. The van der Waals surface area contributed by atoms with E-state index in [-0.39, 0.29) is 10.5 Å². The number of thiazole rings is 1. The van der Waals surface area contributed by atoms with Crippen molar-refractivity contribution in [3.63, 3.8) is 0 Å². The van der Waals surface area contributed by atoms with E-state index in [9.17, 15) is 18.0 Å². The minimum Gasteiger partial charge on any atom is -0.267 e. The zero-order valence-electron chi connectivity index (χ0n) is 14.2. The molecule has 0 saturated heterocycles. The molecule has 7 nitrogen and oxygen atoms in total. The van der Waals surface area contributed by atoms with Crippen LogP contribution in [0.25, 0.3) is 10.6 Å². The van der Waals surface area contributed by atoms with E-state index in [4.69, 9.17) is 0 Å². The van der Waals surface area contributed by atoms with Gasteiger partial charge in [0.25, 0.3) is 11.8 Å². The maximum absolute atomic E-state index is 12.2. The van der Waals surface area contributed by atoms with Gasteiger partial charge >= 0.3 is 0 Å². The predicted octanol–water partition coefficient (Wildman–Crippen LogP) is 2.29. The second-order valence-electron chi connectivity index (χ2n) is 5.60. The number of aromatic nitrogens is 1. The maximum atomic E-state index is 12.2. The topological polar surface area (TPSA) is 105 Å². The highest BCUT2D eigenvalue weighted by Gasteiger charge is 2.14. The van der Waals surface area contributed by atoms with E-state index in [0.29, 0.717) is 9.88 Å². The molecule has 2 N–H and O–H groups in total. The summed E-state index contributed by atoms with van der Waals surface area (Å²) >= 11 is 1.21. The van der Waals surface area contributed by atoms with E-state index < -0.39 is 21.7 Å². The second-order valence-corrected chi connectivity index (χ2v) is 8.65. The van der Waals surface area contributed by atoms with E-state index >= 15 is 0 Å². The van der Waals surface area contributed by atoms with Gasteiger partial charge in [0.05, 0.1) is 11.1 Å². The highest BCUT2D eigenvalue weighted by molar-refractivity contribution is 7.90. The molecule has 2 amide bonds. The zero-order valence-corrected chi connectivity index (χ0v) is 15.8. The molecule has 0 aliphatic rings. The number of nitrogens with zero attached hydrogens (tertiary/aromatic N) is 1.